The number of carbonyl (C=O) groups excluding carboxylic acids is 1. The van der Waals surface area contributed by atoms with Crippen molar-refractivity contribution in [2.24, 2.45) is 0 Å². The van der Waals surface area contributed by atoms with Crippen LogP contribution in [0.5, 0.6) is 5.75 Å². The molecule has 0 unspecified atom stereocenters. The normalized spacial score (nSPS) is 10.9. The summed E-state index contributed by atoms with van der Waals surface area (Å²) in [6.45, 7) is 4.53. The number of methoxy groups -OCH3 is 1. The third-order valence-corrected chi connectivity index (χ3v) is 5.08. The molecule has 0 spiro atoms. The summed E-state index contributed by atoms with van der Waals surface area (Å²) in [6, 6.07) is 17.5. The van der Waals surface area contributed by atoms with Crippen molar-refractivity contribution in [3.05, 3.63) is 60.2 Å². The van der Waals surface area contributed by atoms with Crippen LogP contribution in [0.15, 0.2) is 59.8 Å². The Kier molecular flexibility index (Phi) is 6.65. The van der Waals surface area contributed by atoms with Gasteiger partial charge in [0.1, 0.15) is 5.75 Å². The third-order valence-electron chi connectivity index (χ3n) is 4.13. The second-order valence-corrected chi connectivity index (χ2v) is 7.39. The summed E-state index contributed by atoms with van der Waals surface area (Å²) < 4.78 is 6.87. The summed E-state index contributed by atoms with van der Waals surface area (Å²) in [5.41, 5.74) is 1.94. The van der Waals surface area contributed by atoms with E-state index in [1.165, 1.54) is 11.8 Å². The minimum absolute atomic E-state index is 0.0187. The number of rotatable bonds is 8. The Morgan fingerprint density at radius 1 is 1.14 bits per heavy atom. The maximum absolute atomic E-state index is 12.8. The van der Waals surface area contributed by atoms with E-state index in [1.54, 1.807) is 16.7 Å². The van der Waals surface area contributed by atoms with Gasteiger partial charge in [-0.25, -0.2) is 4.68 Å². The van der Waals surface area contributed by atoms with Crippen LogP contribution < -0.4 is 9.64 Å². The Bertz CT molecular complexity index is 896. The fourth-order valence-corrected chi connectivity index (χ4v) is 3.55. The molecule has 2 aromatic carbocycles. The summed E-state index contributed by atoms with van der Waals surface area (Å²) in [4.78, 5) is 14.6. The largest absolute Gasteiger partial charge is 0.497 e. The van der Waals surface area contributed by atoms with E-state index in [-0.39, 0.29) is 17.7 Å². The van der Waals surface area contributed by atoms with Crippen molar-refractivity contribution < 1.29 is 9.53 Å². The highest BCUT2D eigenvalue weighted by molar-refractivity contribution is 7.99. The Balaban J connectivity index is 1.66. The van der Waals surface area contributed by atoms with E-state index in [4.69, 9.17) is 4.74 Å². The van der Waals surface area contributed by atoms with Crippen LogP contribution in [-0.4, -0.2) is 45.0 Å². The van der Waals surface area contributed by atoms with Gasteiger partial charge in [0.2, 0.25) is 11.1 Å². The summed E-state index contributed by atoms with van der Waals surface area (Å²) in [6.07, 6.45) is 0. The number of ether oxygens (including phenoxy) is 1. The van der Waals surface area contributed by atoms with Gasteiger partial charge in [-0.1, -0.05) is 42.1 Å². The second-order valence-electron chi connectivity index (χ2n) is 6.45. The molecule has 0 radical (unpaired) electrons. The van der Waals surface area contributed by atoms with E-state index in [9.17, 15) is 4.79 Å². The average molecular weight is 398 g/mol. The van der Waals surface area contributed by atoms with Crippen LogP contribution in [0.1, 0.15) is 19.4 Å². The number of amides is 1. The summed E-state index contributed by atoms with van der Waals surface area (Å²) >= 11 is 1.34. The van der Waals surface area contributed by atoms with Crippen LogP contribution in [0.2, 0.25) is 0 Å². The third kappa shape index (κ3) is 4.89. The van der Waals surface area contributed by atoms with Crippen LogP contribution in [0.3, 0.4) is 0 Å². The molecular formula is C20H23N5O2S. The number of benzene rings is 2. The molecule has 146 valence electrons. The van der Waals surface area contributed by atoms with Crippen molar-refractivity contribution in [3.63, 3.8) is 0 Å². The maximum Gasteiger partial charge on any atom is 0.237 e. The van der Waals surface area contributed by atoms with Crippen LogP contribution in [-0.2, 0) is 11.3 Å². The first kappa shape index (κ1) is 19.9. The molecule has 28 heavy (non-hydrogen) atoms. The van der Waals surface area contributed by atoms with Gasteiger partial charge >= 0.3 is 0 Å². The fraction of sp³-hybridized carbons (Fsp3) is 0.300. The van der Waals surface area contributed by atoms with Gasteiger partial charge in [0.15, 0.2) is 0 Å². The van der Waals surface area contributed by atoms with Crippen LogP contribution >= 0.6 is 11.8 Å². The molecule has 0 fully saturated rings. The first-order valence-corrected chi connectivity index (χ1v) is 9.96. The summed E-state index contributed by atoms with van der Waals surface area (Å²) in [5.74, 6) is 1.08. The molecule has 0 saturated heterocycles. The van der Waals surface area contributed by atoms with E-state index in [0.717, 1.165) is 17.0 Å². The molecule has 1 amide bonds. The number of nitrogens with zero attached hydrogens (tertiary/aromatic N) is 5. The van der Waals surface area contributed by atoms with Crippen molar-refractivity contribution in [3.8, 4) is 5.75 Å². The standard InChI is InChI=1S/C20H23N5O2S/c1-15(2)25(17-7-5-4-6-8-17)19(26)14-28-20-21-22-23-24(20)13-16-9-11-18(27-3)12-10-16/h4-12,15H,13-14H2,1-3H3. The maximum atomic E-state index is 12.8. The van der Waals surface area contributed by atoms with Crippen molar-refractivity contribution in [2.75, 3.05) is 17.8 Å². The van der Waals surface area contributed by atoms with Crippen LogP contribution in [0.25, 0.3) is 0 Å². The molecule has 0 aliphatic carbocycles. The smallest absolute Gasteiger partial charge is 0.237 e. The quantitative estimate of drug-likeness (QED) is 0.543. The molecule has 7 nitrogen and oxygen atoms in total. The van der Waals surface area contributed by atoms with Crippen molar-refractivity contribution >= 4 is 23.4 Å². The number of aromatic nitrogens is 4. The lowest BCUT2D eigenvalue weighted by molar-refractivity contribution is -0.116. The first-order chi connectivity index (χ1) is 13.6. The molecule has 3 aromatic rings. The summed E-state index contributed by atoms with van der Waals surface area (Å²) in [5, 5.41) is 12.5. The van der Waals surface area contributed by atoms with E-state index in [2.05, 4.69) is 15.5 Å². The highest BCUT2D eigenvalue weighted by atomic mass is 32.2. The topological polar surface area (TPSA) is 73.1 Å². The minimum atomic E-state index is 0.0187. The van der Waals surface area contributed by atoms with Crippen molar-refractivity contribution in [1.82, 2.24) is 20.2 Å². The highest BCUT2D eigenvalue weighted by Gasteiger charge is 2.20. The lowest BCUT2D eigenvalue weighted by atomic mass is 10.2. The zero-order chi connectivity index (χ0) is 19.9. The van der Waals surface area contributed by atoms with E-state index in [0.29, 0.717) is 11.7 Å². The lowest BCUT2D eigenvalue weighted by Gasteiger charge is -2.26. The number of thioether (sulfide) groups is 1. The van der Waals surface area contributed by atoms with E-state index < -0.39 is 0 Å². The Morgan fingerprint density at radius 3 is 2.50 bits per heavy atom. The summed E-state index contributed by atoms with van der Waals surface area (Å²) in [7, 11) is 1.64. The minimum Gasteiger partial charge on any atom is -0.497 e. The van der Waals surface area contributed by atoms with Gasteiger partial charge < -0.3 is 9.64 Å². The highest BCUT2D eigenvalue weighted by Crippen LogP contribution is 2.21. The molecule has 1 heterocycles. The Morgan fingerprint density at radius 2 is 1.86 bits per heavy atom. The first-order valence-electron chi connectivity index (χ1n) is 8.97. The van der Waals surface area contributed by atoms with Crippen LogP contribution in [0, 0.1) is 0 Å². The predicted octanol–water partition coefficient (Wildman–Crippen LogP) is 3.26. The molecule has 1 aromatic heterocycles. The average Bonchev–Trinajstić information content (AvgIpc) is 3.14. The molecule has 0 atom stereocenters. The van der Waals surface area contributed by atoms with Gasteiger partial charge in [-0.05, 0) is 54.1 Å². The second kappa shape index (κ2) is 9.36. The molecular weight excluding hydrogens is 374 g/mol. The Hall–Kier alpha value is -2.87. The number of para-hydroxylation sites is 1. The van der Waals surface area contributed by atoms with Gasteiger partial charge in [-0.2, -0.15) is 0 Å². The number of hydrogen-bond donors (Lipinski definition) is 0. The lowest BCUT2D eigenvalue weighted by Crippen LogP contribution is -2.38. The Labute approximate surface area is 168 Å². The zero-order valence-corrected chi connectivity index (χ0v) is 17.0. The van der Waals surface area contributed by atoms with Crippen LogP contribution in [0.4, 0.5) is 5.69 Å². The fourth-order valence-electron chi connectivity index (χ4n) is 2.82. The van der Waals surface area contributed by atoms with Gasteiger partial charge in [-0.3, -0.25) is 4.79 Å². The zero-order valence-electron chi connectivity index (χ0n) is 16.1. The van der Waals surface area contributed by atoms with Crippen molar-refractivity contribution in [2.45, 2.75) is 31.6 Å². The number of hydrogen-bond acceptors (Lipinski definition) is 6. The molecule has 8 heteroatoms. The molecule has 0 N–H and O–H groups in total. The van der Waals surface area contributed by atoms with E-state index >= 15 is 0 Å². The molecule has 3 rings (SSSR count). The van der Waals surface area contributed by atoms with Gasteiger partial charge in [0.05, 0.1) is 19.4 Å². The predicted molar refractivity (Wildman–Crippen MR) is 110 cm³/mol. The molecule has 0 aliphatic rings. The molecule has 0 aliphatic heterocycles. The van der Waals surface area contributed by atoms with Gasteiger partial charge in [0, 0.05) is 11.7 Å². The number of tetrazole rings is 1. The monoisotopic (exact) mass is 397 g/mol. The van der Waals surface area contributed by atoms with Crippen molar-refractivity contribution in [1.29, 1.82) is 0 Å². The molecule has 0 saturated carbocycles. The molecule has 0 bridgehead atoms. The SMILES string of the molecule is COc1ccc(Cn2nnnc2SCC(=O)N(c2ccccc2)C(C)C)cc1. The van der Waals surface area contributed by atoms with Gasteiger partial charge in [0.25, 0.3) is 0 Å². The number of carbonyl (C=O) groups is 1. The van der Waals surface area contributed by atoms with Gasteiger partial charge in [-0.15, -0.1) is 5.10 Å². The number of anilines is 1. The van der Waals surface area contributed by atoms with E-state index in [1.807, 2.05) is 68.4 Å².